The summed E-state index contributed by atoms with van der Waals surface area (Å²) < 4.78 is 56.3. The van der Waals surface area contributed by atoms with Gasteiger partial charge in [-0.1, -0.05) is 17.8 Å². The first-order chi connectivity index (χ1) is 17.5. The Morgan fingerprint density at radius 1 is 1.27 bits per heavy atom. The number of halogens is 4. The van der Waals surface area contributed by atoms with Gasteiger partial charge in [0.2, 0.25) is 5.91 Å². The number of nitriles is 1. The first-order valence-corrected chi connectivity index (χ1v) is 12.5. The van der Waals surface area contributed by atoms with Gasteiger partial charge in [0.15, 0.2) is 5.17 Å². The van der Waals surface area contributed by atoms with Crippen molar-refractivity contribution >= 4 is 34.7 Å². The molecule has 2 aromatic rings. The molecule has 3 atom stereocenters. The highest BCUT2D eigenvalue weighted by Gasteiger charge is 2.71. The molecule has 3 aliphatic rings. The minimum absolute atomic E-state index is 0.0198. The molecule has 3 heterocycles. The van der Waals surface area contributed by atoms with Crippen molar-refractivity contribution in [2.24, 2.45) is 16.6 Å². The van der Waals surface area contributed by atoms with E-state index in [2.05, 4.69) is 9.98 Å². The summed E-state index contributed by atoms with van der Waals surface area (Å²) in [5, 5.41) is 9.00. The number of amidine groups is 1. The molecule has 2 N–H and O–H groups in total. The Hall–Kier alpha value is -3.39. The number of carbonyl (C=O) groups is 1. The Balaban J connectivity index is 1.44. The van der Waals surface area contributed by atoms with Gasteiger partial charge < -0.3 is 10.6 Å². The normalized spacial score (nSPS) is 28.6. The van der Waals surface area contributed by atoms with Crippen molar-refractivity contribution in [2.75, 3.05) is 13.1 Å². The van der Waals surface area contributed by atoms with Crippen LogP contribution in [0.1, 0.15) is 48.6 Å². The van der Waals surface area contributed by atoms with Gasteiger partial charge in [-0.3, -0.25) is 14.8 Å². The first-order valence-electron chi connectivity index (χ1n) is 11.7. The van der Waals surface area contributed by atoms with Crippen molar-refractivity contribution in [3.8, 4) is 6.07 Å². The average Bonchev–Trinajstić information content (AvgIpc) is 3.61. The van der Waals surface area contributed by atoms with E-state index in [0.29, 0.717) is 17.5 Å². The molecular weight excluding hydrogens is 506 g/mol. The van der Waals surface area contributed by atoms with Crippen LogP contribution < -0.4 is 5.73 Å². The molecule has 1 aromatic carbocycles. The molecule has 0 radical (unpaired) electrons. The lowest BCUT2D eigenvalue weighted by Gasteiger charge is -2.38. The van der Waals surface area contributed by atoms with Crippen LogP contribution in [-0.2, 0) is 10.3 Å². The Labute approximate surface area is 215 Å². The molecule has 1 amide bonds. The molecule has 1 saturated heterocycles. The van der Waals surface area contributed by atoms with E-state index in [0.717, 1.165) is 11.8 Å². The number of benzene rings is 1. The zero-order valence-corrected chi connectivity index (χ0v) is 20.7. The summed E-state index contributed by atoms with van der Waals surface area (Å²) in [6.45, 7) is 1.59. The van der Waals surface area contributed by atoms with Crippen LogP contribution in [0.15, 0.2) is 41.5 Å². The van der Waals surface area contributed by atoms with E-state index in [1.165, 1.54) is 47.5 Å². The van der Waals surface area contributed by atoms with Gasteiger partial charge in [-0.05, 0) is 49.2 Å². The fourth-order valence-electron chi connectivity index (χ4n) is 5.20. The maximum atomic E-state index is 15.2. The third-order valence-corrected chi connectivity index (χ3v) is 8.62. The molecule has 37 heavy (non-hydrogen) atoms. The minimum Gasteiger partial charge on any atom is -0.378 e. The zero-order valence-electron chi connectivity index (χ0n) is 19.8. The smallest absolute Gasteiger partial charge is 0.251 e. The van der Waals surface area contributed by atoms with Crippen LogP contribution in [-0.4, -0.2) is 44.7 Å². The molecular formula is C26H23F4N5OS. The summed E-state index contributed by atoms with van der Waals surface area (Å²) in [5.41, 5.74) is 5.74. The highest BCUT2D eigenvalue weighted by atomic mass is 32.2. The number of aromatic nitrogens is 1. The number of rotatable bonds is 4. The number of hydrogen-bond acceptors (Lipinski definition) is 6. The van der Waals surface area contributed by atoms with E-state index in [-0.39, 0.29) is 35.4 Å². The summed E-state index contributed by atoms with van der Waals surface area (Å²) in [5.74, 6) is -4.73. The predicted octanol–water partition coefficient (Wildman–Crippen LogP) is 4.85. The molecule has 192 valence electrons. The number of thioether (sulfide) groups is 1. The number of amides is 1. The lowest BCUT2D eigenvalue weighted by molar-refractivity contribution is -0.137. The molecule has 11 heteroatoms. The summed E-state index contributed by atoms with van der Waals surface area (Å²) in [7, 11) is 0. The minimum atomic E-state index is -2.79. The second-order valence-corrected chi connectivity index (χ2v) is 11.1. The Kier molecular flexibility index (Phi) is 6.06. The van der Waals surface area contributed by atoms with E-state index < -0.39 is 46.6 Å². The number of hydrogen-bond donors (Lipinski definition) is 1. The highest BCUT2D eigenvalue weighted by molar-refractivity contribution is 8.15. The molecule has 2 aliphatic heterocycles. The molecule has 1 aromatic heterocycles. The van der Waals surface area contributed by atoms with Gasteiger partial charge in [-0.15, -0.1) is 0 Å². The Morgan fingerprint density at radius 2 is 2.00 bits per heavy atom. The quantitative estimate of drug-likeness (QED) is 0.572. The maximum Gasteiger partial charge on any atom is 0.251 e. The Morgan fingerprint density at radius 3 is 2.65 bits per heavy atom. The van der Waals surface area contributed by atoms with Crippen LogP contribution >= 0.6 is 11.8 Å². The van der Waals surface area contributed by atoms with Gasteiger partial charge in [0.1, 0.15) is 22.5 Å². The summed E-state index contributed by atoms with van der Waals surface area (Å²) in [4.78, 5) is 23.4. The third-order valence-electron chi connectivity index (χ3n) is 7.33. The number of alkyl halides is 2. The van der Waals surface area contributed by atoms with E-state index in [4.69, 9.17) is 11.0 Å². The monoisotopic (exact) mass is 529 g/mol. The number of likely N-dealkylation sites (tertiary alicyclic amines) is 1. The maximum absolute atomic E-state index is 15.2. The van der Waals surface area contributed by atoms with Crippen molar-refractivity contribution in [1.29, 1.82) is 5.26 Å². The van der Waals surface area contributed by atoms with Crippen molar-refractivity contribution in [3.05, 3.63) is 64.7 Å². The fourth-order valence-corrected chi connectivity index (χ4v) is 6.65. The second kappa shape index (κ2) is 8.87. The van der Waals surface area contributed by atoms with Gasteiger partial charge in [0.05, 0.1) is 16.8 Å². The number of aliphatic imine (C=N–C) groups is 1. The van der Waals surface area contributed by atoms with Gasteiger partial charge in [0, 0.05) is 43.6 Å². The van der Waals surface area contributed by atoms with Crippen molar-refractivity contribution < 1.29 is 22.4 Å². The van der Waals surface area contributed by atoms with Gasteiger partial charge >= 0.3 is 0 Å². The Bertz CT molecular complexity index is 1360. The van der Waals surface area contributed by atoms with E-state index >= 15 is 4.39 Å². The second-order valence-electron chi connectivity index (χ2n) is 9.77. The molecule has 0 unspecified atom stereocenters. The number of piperidine rings is 1. The van der Waals surface area contributed by atoms with Crippen LogP contribution in [0.5, 0.6) is 0 Å². The van der Waals surface area contributed by atoms with Crippen LogP contribution in [0, 0.1) is 23.1 Å². The van der Waals surface area contributed by atoms with Gasteiger partial charge in [0.25, 0.3) is 5.92 Å². The van der Waals surface area contributed by atoms with E-state index in [9.17, 15) is 18.0 Å². The number of nitrogens with zero attached hydrogens (tertiary/aromatic N) is 4. The lowest BCUT2D eigenvalue weighted by atomic mass is 9.84. The fraction of sp³-hybridized carbons (Fsp3) is 0.385. The van der Waals surface area contributed by atoms with Crippen LogP contribution in [0.2, 0.25) is 0 Å². The van der Waals surface area contributed by atoms with E-state index in [1.54, 1.807) is 6.92 Å². The largest absolute Gasteiger partial charge is 0.378 e. The van der Waals surface area contributed by atoms with Crippen molar-refractivity contribution in [1.82, 2.24) is 9.88 Å². The third kappa shape index (κ3) is 4.48. The average molecular weight is 530 g/mol. The molecule has 0 bridgehead atoms. The SMILES string of the molecule is C[C@]1(c2cc(C=C(F)c3ccc(C#N)cn3)ccc2F)N=C(N)S[C@@]2(C(=O)N3CCC(F)(F)CC3)C[C@H]21. The topological polar surface area (TPSA) is 95.4 Å². The lowest BCUT2D eigenvalue weighted by Crippen LogP contribution is -2.50. The summed E-state index contributed by atoms with van der Waals surface area (Å²) in [6.07, 6.45) is 2.03. The molecule has 1 aliphatic carbocycles. The molecule has 2 fully saturated rings. The van der Waals surface area contributed by atoms with Crippen molar-refractivity contribution in [2.45, 2.75) is 42.4 Å². The number of carbonyl (C=O) groups excluding carboxylic acids is 1. The predicted molar refractivity (Wildman–Crippen MR) is 132 cm³/mol. The number of pyridine rings is 1. The van der Waals surface area contributed by atoms with Crippen LogP contribution in [0.4, 0.5) is 17.6 Å². The molecule has 1 saturated carbocycles. The van der Waals surface area contributed by atoms with Crippen LogP contribution in [0.3, 0.4) is 0 Å². The highest BCUT2D eigenvalue weighted by Crippen LogP contribution is 2.66. The number of nitrogens with two attached hydrogens (primary N) is 1. The molecule has 0 spiro atoms. The molecule has 5 rings (SSSR count). The number of fused-ring (bicyclic) bond motifs is 1. The van der Waals surface area contributed by atoms with Crippen molar-refractivity contribution in [3.63, 3.8) is 0 Å². The molecule has 6 nitrogen and oxygen atoms in total. The summed E-state index contributed by atoms with van der Waals surface area (Å²) in [6, 6.07) is 8.82. The van der Waals surface area contributed by atoms with Crippen LogP contribution in [0.25, 0.3) is 11.9 Å². The standard InChI is InChI=1S/C26H23F4N5OS/c1-24(17-10-15(2-4-18(17)27)11-19(28)20-5-3-16(13-31)14-33-20)21-12-26(21,37-23(32)34-24)22(36)35-8-6-25(29,30)7-9-35/h2-5,10-11,14,21H,6-9,12H2,1H3,(H2,32,34)/t21-,24+,26-/m0/s1. The zero-order chi connectivity index (χ0) is 26.6. The van der Waals surface area contributed by atoms with E-state index in [1.807, 2.05) is 6.07 Å². The van der Waals surface area contributed by atoms with Gasteiger partial charge in [-0.25, -0.2) is 17.6 Å². The summed E-state index contributed by atoms with van der Waals surface area (Å²) >= 11 is 1.11. The van der Waals surface area contributed by atoms with Gasteiger partial charge in [-0.2, -0.15) is 5.26 Å². The first kappa shape index (κ1) is 25.3.